The molecule has 0 saturated carbocycles. The number of esters is 1. The highest BCUT2D eigenvalue weighted by Crippen LogP contribution is 2.14. The SMILES string of the molecule is CC(=O)OC[C@H](C(=O)[O-])c1ccccc1. The number of carbonyl (C=O) groups excluding carboxylic acids is 2. The standard InChI is InChI=1S/C11H12O4/c1-8(12)15-7-10(11(13)14)9-5-3-2-4-6-9/h2-6,10H,7H2,1H3,(H,13,14)/p-1/t10-/m0/s1. The van der Waals surface area contributed by atoms with E-state index >= 15 is 0 Å². The highest BCUT2D eigenvalue weighted by atomic mass is 16.5. The van der Waals surface area contributed by atoms with E-state index in [-0.39, 0.29) is 6.61 Å². The van der Waals surface area contributed by atoms with Gasteiger partial charge >= 0.3 is 5.97 Å². The minimum atomic E-state index is -1.25. The van der Waals surface area contributed by atoms with Crippen molar-refractivity contribution in [2.75, 3.05) is 6.61 Å². The van der Waals surface area contributed by atoms with Crippen molar-refractivity contribution < 1.29 is 19.4 Å². The van der Waals surface area contributed by atoms with E-state index in [1.54, 1.807) is 30.3 Å². The van der Waals surface area contributed by atoms with Gasteiger partial charge in [-0.25, -0.2) is 0 Å². The molecular weight excluding hydrogens is 196 g/mol. The zero-order chi connectivity index (χ0) is 11.3. The van der Waals surface area contributed by atoms with Crippen LogP contribution in [0.2, 0.25) is 0 Å². The molecule has 0 aliphatic carbocycles. The summed E-state index contributed by atoms with van der Waals surface area (Å²) in [5.41, 5.74) is 0.568. The predicted octanol–water partition coefficient (Wildman–Crippen LogP) is 0.0832. The molecule has 1 aromatic rings. The molecule has 1 atom stereocenters. The topological polar surface area (TPSA) is 66.4 Å². The van der Waals surface area contributed by atoms with Gasteiger partial charge < -0.3 is 14.6 Å². The van der Waals surface area contributed by atoms with E-state index in [9.17, 15) is 14.7 Å². The number of aliphatic carboxylic acids is 1. The summed E-state index contributed by atoms with van der Waals surface area (Å²) in [4.78, 5) is 21.4. The molecule has 0 spiro atoms. The molecule has 0 N–H and O–H groups in total. The van der Waals surface area contributed by atoms with Crippen molar-refractivity contribution in [2.45, 2.75) is 12.8 Å². The van der Waals surface area contributed by atoms with Crippen molar-refractivity contribution in [3.8, 4) is 0 Å². The summed E-state index contributed by atoms with van der Waals surface area (Å²) in [6.07, 6.45) is 0. The number of hydrogen-bond acceptors (Lipinski definition) is 4. The molecule has 1 aromatic carbocycles. The molecule has 0 unspecified atom stereocenters. The third-order valence-electron chi connectivity index (χ3n) is 1.94. The van der Waals surface area contributed by atoms with Gasteiger partial charge in [0.2, 0.25) is 0 Å². The van der Waals surface area contributed by atoms with Crippen molar-refractivity contribution >= 4 is 11.9 Å². The van der Waals surface area contributed by atoms with E-state index in [4.69, 9.17) is 0 Å². The van der Waals surface area contributed by atoms with Crippen LogP contribution < -0.4 is 5.11 Å². The van der Waals surface area contributed by atoms with E-state index in [0.29, 0.717) is 5.56 Å². The highest BCUT2D eigenvalue weighted by molar-refractivity contribution is 5.75. The Morgan fingerprint density at radius 2 is 1.93 bits per heavy atom. The summed E-state index contributed by atoms with van der Waals surface area (Å²) in [5, 5.41) is 10.8. The fourth-order valence-electron chi connectivity index (χ4n) is 1.19. The summed E-state index contributed by atoms with van der Waals surface area (Å²) in [6.45, 7) is 1.04. The maximum atomic E-state index is 10.8. The maximum absolute atomic E-state index is 10.8. The highest BCUT2D eigenvalue weighted by Gasteiger charge is 2.13. The first-order valence-electron chi connectivity index (χ1n) is 4.50. The lowest BCUT2D eigenvalue weighted by molar-refractivity contribution is -0.308. The largest absolute Gasteiger partial charge is 0.549 e. The molecule has 80 valence electrons. The Balaban J connectivity index is 2.75. The number of carbonyl (C=O) groups is 2. The van der Waals surface area contributed by atoms with Gasteiger partial charge in [-0.1, -0.05) is 30.3 Å². The monoisotopic (exact) mass is 207 g/mol. The Kier molecular flexibility index (Phi) is 3.85. The van der Waals surface area contributed by atoms with Gasteiger partial charge in [0, 0.05) is 6.92 Å². The lowest BCUT2D eigenvalue weighted by Crippen LogP contribution is -2.32. The normalized spacial score (nSPS) is 11.8. The second-order valence-electron chi connectivity index (χ2n) is 3.08. The number of ether oxygens (including phenoxy) is 1. The van der Waals surface area contributed by atoms with Crippen LogP contribution in [-0.4, -0.2) is 18.5 Å². The number of carboxylic acid groups (broad SMARTS) is 1. The van der Waals surface area contributed by atoms with Crippen LogP contribution >= 0.6 is 0 Å². The molecule has 0 heterocycles. The fraction of sp³-hybridized carbons (Fsp3) is 0.273. The van der Waals surface area contributed by atoms with Gasteiger partial charge in [0.1, 0.15) is 6.61 Å². The molecular formula is C11H11O4-. The fourth-order valence-corrected chi connectivity index (χ4v) is 1.19. The third kappa shape index (κ3) is 3.42. The van der Waals surface area contributed by atoms with Crippen LogP contribution in [0.1, 0.15) is 18.4 Å². The lowest BCUT2D eigenvalue weighted by atomic mass is 10.0. The summed E-state index contributed by atoms with van der Waals surface area (Å²) >= 11 is 0. The molecule has 15 heavy (non-hydrogen) atoms. The molecule has 0 aliphatic rings. The molecule has 0 bridgehead atoms. The molecule has 0 amide bonds. The van der Waals surface area contributed by atoms with Gasteiger partial charge in [0.25, 0.3) is 0 Å². The average molecular weight is 207 g/mol. The molecule has 1 rings (SSSR count). The molecule has 0 radical (unpaired) electrons. The van der Waals surface area contributed by atoms with Crippen LogP contribution in [0, 0.1) is 0 Å². The predicted molar refractivity (Wildman–Crippen MR) is 50.8 cm³/mol. The Morgan fingerprint density at radius 1 is 1.33 bits per heavy atom. The van der Waals surface area contributed by atoms with Gasteiger partial charge in [-0.2, -0.15) is 0 Å². The van der Waals surface area contributed by atoms with E-state index in [1.165, 1.54) is 6.92 Å². The minimum Gasteiger partial charge on any atom is -0.549 e. The smallest absolute Gasteiger partial charge is 0.302 e. The van der Waals surface area contributed by atoms with Crippen molar-refractivity contribution in [1.29, 1.82) is 0 Å². The van der Waals surface area contributed by atoms with Crippen LogP contribution in [0.25, 0.3) is 0 Å². The van der Waals surface area contributed by atoms with Crippen molar-refractivity contribution in [1.82, 2.24) is 0 Å². The van der Waals surface area contributed by atoms with Gasteiger partial charge in [0.15, 0.2) is 0 Å². The van der Waals surface area contributed by atoms with Gasteiger partial charge in [-0.3, -0.25) is 4.79 Å². The van der Waals surface area contributed by atoms with Gasteiger partial charge in [-0.15, -0.1) is 0 Å². The van der Waals surface area contributed by atoms with Crippen LogP contribution in [0.4, 0.5) is 0 Å². The average Bonchev–Trinajstić information content (AvgIpc) is 2.18. The first kappa shape index (κ1) is 11.2. The van der Waals surface area contributed by atoms with Crippen LogP contribution in [-0.2, 0) is 14.3 Å². The number of rotatable bonds is 4. The van der Waals surface area contributed by atoms with Crippen LogP contribution in [0.3, 0.4) is 0 Å². The van der Waals surface area contributed by atoms with E-state index in [0.717, 1.165) is 0 Å². The first-order chi connectivity index (χ1) is 7.11. The summed E-state index contributed by atoms with van der Waals surface area (Å²) < 4.78 is 4.66. The van der Waals surface area contributed by atoms with Crippen molar-refractivity contribution in [2.24, 2.45) is 0 Å². The lowest BCUT2D eigenvalue weighted by Gasteiger charge is -2.17. The molecule has 0 saturated heterocycles. The zero-order valence-corrected chi connectivity index (χ0v) is 8.30. The van der Waals surface area contributed by atoms with Crippen LogP contribution in [0.15, 0.2) is 30.3 Å². The second-order valence-corrected chi connectivity index (χ2v) is 3.08. The zero-order valence-electron chi connectivity index (χ0n) is 8.30. The summed E-state index contributed by atoms with van der Waals surface area (Å²) in [7, 11) is 0. The third-order valence-corrected chi connectivity index (χ3v) is 1.94. The number of hydrogen-bond donors (Lipinski definition) is 0. The van der Waals surface area contributed by atoms with E-state index in [1.807, 2.05) is 0 Å². The Bertz CT molecular complexity index is 345. The summed E-state index contributed by atoms with van der Waals surface area (Å²) in [5.74, 6) is -2.66. The molecule has 0 aromatic heterocycles. The van der Waals surface area contributed by atoms with E-state index in [2.05, 4.69) is 4.74 Å². The van der Waals surface area contributed by atoms with Gasteiger partial charge in [-0.05, 0) is 5.56 Å². The molecule has 0 aliphatic heterocycles. The van der Waals surface area contributed by atoms with Crippen molar-refractivity contribution in [3.63, 3.8) is 0 Å². The van der Waals surface area contributed by atoms with Crippen LogP contribution in [0.5, 0.6) is 0 Å². The van der Waals surface area contributed by atoms with Gasteiger partial charge in [0.05, 0.1) is 11.9 Å². The number of benzene rings is 1. The van der Waals surface area contributed by atoms with Crippen molar-refractivity contribution in [3.05, 3.63) is 35.9 Å². The van der Waals surface area contributed by atoms with E-state index < -0.39 is 17.9 Å². The molecule has 4 heteroatoms. The second kappa shape index (κ2) is 5.14. The molecule has 4 nitrogen and oxygen atoms in total. The quantitative estimate of drug-likeness (QED) is 0.656. The Morgan fingerprint density at radius 3 is 2.40 bits per heavy atom. The maximum Gasteiger partial charge on any atom is 0.302 e. The Labute approximate surface area is 87.5 Å². The number of carboxylic acids is 1. The Hall–Kier alpha value is -1.84. The summed E-state index contributed by atoms with van der Waals surface area (Å²) in [6, 6.07) is 8.54. The first-order valence-corrected chi connectivity index (χ1v) is 4.50. The molecule has 0 fully saturated rings. The minimum absolute atomic E-state index is 0.193.